The Hall–Kier alpha value is -1.85. The maximum Gasteiger partial charge on any atom is 0.150 e. The molecule has 0 saturated heterocycles. The van der Waals surface area contributed by atoms with Gasteiger partial charge in [-0.3, -0.25) is 5.84 Å². The average molecular weight is 218 g/mol. The van der Waals surface area contributed by atoms with E-state index in [9.17, 15) is 4.39 Å². The molecule has 3 N–H and O–H groups in total. The van der Waals surface area contributed by atoms with Gasteiger partial charge in [-0.25, -0.2) is 19.8 Å². The van der Waals surface area contributed by atoms with Crippen molar-refractivity contribution in [2.45, 2.75) is 6.04 Å². The third kappa shape index (κ3) is 2.21. The lowest BCUT2D eigenvalue weighted by Gasteiger charge is -2.14. The quantitative estimate of drug-likeness (QED) is 0.599. The zero-order valence-electron chi connectivity index (χ0n) is 8.47. The Balaban J connectivity index is 2.33. The first-order valence-electron chi connectivity index (χ1n) is 4.80. The number of nitrogens with two attached hydrogens (primary N) is 1. The maximum absolute atomic E-state index is 12.8. The van der Waals surface area contributed by atoms with Gasteiger partial charge in [0.25, 0.3) is 0 Å². The maximum atomic E-state index is 12.8. The van der Waals surface area contributed by atoms with E-state index in [0.29, 0.717) is 5.82 Å². The highest BCUT2D eigenvalue weighted by Gasteiger charge is 2.14. The van der Waals surface area contributed by atoms with Crippen molar-refractivity contribution in [1.82, 2.24) is 15.4 Å². The van der Waals surface area contributed by atoms with Gasteiger partial charge in [0, 0.05) is 12.4 Å². The zero-order valence-corrected chi connectivity index (χ0v) is 8.47. The fourth-order valence-corrected chi connectivity index (χ4v) is 1.43. The summed E-state index contributed by atoms with van der Waals surface area (Å²) in [5.41, 5.74) is 3.42. The summed E-state index contributed by atoms with van der Waals surface area (Å²) in [6.45, 7) is 0. The topological polar surface area (TPSA) is 63.8 Å². The number of benzene rings is 1. The van der Waals surface area contributed by atoms with Gasteiger partial charge in [0.15, 0.2) is 5.82 Å². The highest BCUT2D eigenvalue weighted by molar-refractivity contribution is 5.24. The van der Waals surface area contributed by atoms with Crippen LogP contribution in [-0.4, -0.2) is 9.97 Å². The van der Waals surface area contributed by atoms with Gasteiger partial charge < -0.3 is 0 Å². The van der Waals surface area contributed by atoms with Crippen LogP contribution in [0.2, 0.25) is 0 Å². The molecule has 0 radical (unpaired) electrons. The van der Waals surface area contributed by atoms with Crippen LogP contribution in [-0.2, 0) is 0 Å². The van der Waals surface area contributed by atoms with Crippen LogP contribution in [0.25, 0.3) is 0 Å². The van der Waals surface area contributed by atoms with Gasteiger partial charge in [-0.15, -0.1) is 0 Å². The molecule has 0 spiro atoms. The molecule has 0 saturated carbocycles. The second-order valence-corrected chi connectivity index (χ2v) is 3.26. The fourth-order valence-electron chi connectivity index (χ4n) is 1.43. The molecule has 0 aliphatic rings. The first kappa shape index (κ1) is 10.7. The van der Waals surface area contributed by atoms with Crippen LogP contribution in [0.4, 0.5) is 4.39 Å². The van der Waals surface area contributed by atoms with Gasteiger partial charge in [-0.2, -0.15) is 0 Å². The van der Waals surface area contributed by atoms with Gasteiger partial charge in [0.2, 0.25) is 0 Å². The summed E-state index contributed by atoms with van der Waals surface area (Å²) in [7, 11) is 0. The van der Waals surface area contributed by atoms with E-state index in [4.69, 9.17) is 5.84 Å². The number of hydrogen-bond donors (Lipinski definition) is 2. The van der Waals surface area contributed by atoms with Gasteiger partial charge in [0.05, 0.1) is 0 Å². The van der Waals surface area contributed by atoms with E-state index < -0.39 is 0 Å². The third-order valence-electron chi connectivity index (χ3n) is 2.21. The molecule has 2 aromatic rings. The molecule has 0 aliphatic heterocycles. The van der Waals surface area contributed by atoms with Crippen LogP contribution in [0.5, 0.6) is 0 Å². The minimum Gasteiger partial charge on any atom is -0.270 e. The summed E-state index contributed by atoms with van der Waals surface area (Å²) in [5.74, 6) is 5.72. The number of nitrogens with zero attached hydrogens (tertiary/aromatic N) is 2. The normalized spacial score (nSPS) is 12.4. The van der Waals surface area contributed by atoms with E-state index in [1.807, 2.05) is 0 Å². The Morgan fingerprint density at radius 1 is 1.12 bits per heavy atom. The van der Waals surface area contributed by atoms with Crippen molar-refractivity contribution in [2.75, 3.05) is 0 Å². The Bertz CT molecular complexity index is 443. The van der Waals surface area contributed by atoms with Crippen LogP contribution >= 0.6 is 0 Å². The molecule has 0 bridgehead atoms. The standard InChI is InChI=1S/C11H11FN4/c12-9-4-2-8(3-5-9)10(16-13)11-14-6-1-7-15-11/h1-7,10,16H,13H2. The molecule has 1 heterocycles. The molecule has 0 aliphatic carbocycles. The molecule has 0 amide bonds. The van der Waals surface area contributed by atoms with E-state index in [1.54, 1.807) is 30.6 Å². The molecular weight excluding hydrogens is 207 g/mol. The molecule has 82 valence electrons. The lowest BCUT2D eigenvalue weighted by Crippen LogP contribution is -2.30. The first-order valence-corrected chi connectivity index (χ1v) is 4.80. The van der Waals surface area contributed by atoms with E-state index >= 15 is 0 Å². The third-order valence-corrected chi connectivity index (χ3v) is 2.21. The molecule has 5 heteroatoms. The molecule has 4 nitrogen and oxygen atoms in total. The number of halogens is 1. The van der Waals surface area contributed by atoms with Crippen LogP contribution in [0.15, 0.2) is 42.7 Å². The Morgan fingerprint density at radius 2 is 1.75 bits per heavy atom. The zero-order chi connectivity index (χ0) is 11.4. The molecule has 1 aromatic carbocycles. The summed E-state index contributed by atoms with van der Waals surface area (Å²) in [5, 5.41) is 0. The average Bonchev–Trinajstić information content (AvgIpc) is 2.34. The van der Waals surface area contributed by atoms with Crippen molar-refractivity contribution >= 4 is 0 Å². The van der Waals surface area contributed by atoms with Crippen LogP contribution in [0.3, 0.4) is 0 Å². The molecule has 1 atom stereocenters. The first-order chi connectivity index (χ1) is 7.81. The Morgan fingerprint density at radius 3 is 2.31 bits per heavy atom. The number of aromatic nitrogens is 2. The summed E-state index contributed by atoms with van der Waals surface area (Å²) in [4.78, 5) is 8.20. The number of hydrogen-bond acceptors (Lipinski definition) is 4. The summed E-state index contributed by atoms with van der Waals surface area (Å²) < 4.78 is 12.8. The summed E-state index contributed by atoms with van der Waals surface area (Å²) >= 11 is 0. The van der Waals surface area contributed by atoms with Crippen molar-refractivity contribution in [3.63, 3.8) is 0 Å². The second-order valence-electron chi connectivity index (χ2n) is 3.26. The smallest absolute Gasteiger partial charge is 0.150 e. The molecule has 2 rings (SSSR count). The van der Waals surface area contributed by atoms with Gasteiger partial charge >= 0.3 is 0 Å². The van der Waals surface area contributed by atoms with E-state index in [-0.39, 0.29) is 11.9 Å². The number of nitrogens with one attached hydrogen (secondary N) is 1. The highest BCUT2D eigenvalue weighted by atomic mass is 19.1. The van der Waals surface area contributed by atoms with Crippen molar-refractivity contribution in [1.29, 1.82) is 0 Å². The molecule has 16 heavy (non-hydrogen) atoms. The van der Waals surface area contributed by atoms with Gasteiger partial charge in [0.1, 0.15) is 11.9 Å². The lowest BCUT2D eigenvalue weighted by atomic mass is 10.1. The van der Waals surface area contributed by atoms with Crippen molar-refractivity contribution in [2.24, 2.45) is 5.84 Å². The summed E-state index contributed by atoms with van der Waals surface area (Å²) in [6.07, 6.45) is 3.27. The monoisotopic (exact) mass is 218 g/mol. The summed E-state index contributed by atoms with van der Waals surface area (Å²) in [6, 6.07) is 7.45. The van der Waals surface area contributed by atoms with Crippen LogP contribution in [0.1, 0.15) is 17.4 Å². The molecule has 1 aromatic heterocycles. The van der Waals surface area contributed by atoms with E-state index in [1.165, 1.54) is 12.1 Å². The Kier molecular flexibility index (Phi) is 3.19. The fraction of sp³-hybridized carbons (Fsp3) is 0.0909. The molecular formula is C11H11FN4. The van der Waals surface area contributed by atoms with Gasteiger partial charge in [-0.05, 0) is 23.8 Å². The van der Waals surface area contributed by atoms with E-state index in [0.717, 1.165) is 5.56 Å². The van der Waals surface area contributed by atoms with Crippen LogP contribution in [0, 0.1) is 5.82 Å². The van der Waals surface area contributed by atoms with Crippen molar-refractivity contribution in [3.05, 3.63) is 59.9 Å². The largest absolute Gasteiger partial charge is 0.270 e. The molecule has 1 unspecified atom stereocenters. The minimum atomic E-state index is -0.332. The van der Waals surface area contributed by atoms with Gasteiger partial charge in [-0.1, -0.05) is 12.1 Å². The minimum absolute atomic E-state index is 0.284. The van der Waals surface area contributed by atoms with Crippen LogP contribution < -0.4 is 11.3 Å². The molecule has 0 fully saturated rings. The van der Waals surface area contributed by atoms with E-state index in [2.05, 4.69) is 15.4 Å². The number of hydrazine groups is 1. The van der Waals surface area contributed by atoms with Crippen molar-refractivity contribution < 1.29 is 4.39 Å². The number of rotatable bonds is 3. The SMILES string of the molecule is NNC(c1ccc(F)cc1)c1ncccn1. The second kappa shape index (κ2) is 4.78. The highest BCUT2D eigenvalue weighted by Crippen LogP contribution is 2.17. The predicted octanol–water partition coefficient (Wildman–Crippen LogP) is 1.17. The van der Waals surface area contributed by atoms with Crippen molar-refractivity contribution in [3.8, 4) is 0 Å². The Labute approximate surface area is 92.3 Å². The lowest BCUT2D eigenvalue weighted by molar-refractivity contribution is 0.594. The predicted molar refractivity (Wildman–Crippen MR) is 57.6 cm³/mol.